The van der Waals surface area contributed by atoms with Crippen LogP contribution in [0.3, 0.4) is 0 Å². The van der Waals surface area contributed by atoms with Crippen LogP contribution in [0.4, 0.5) is 21.5 Å². The zero-order valence-electron chi connectivity index (χ0n) is 38.6. The van der Waals surface area contributed by atoms with Crippen LogP contribution < -0.4 is 41.3 Å². The van der Waals surface area contributed by atoms with Crippen molar-refractivity contribution in [2.45, 2.75) is 119 Å². The van der Waals surface area contributed by atoms with E-state index in [1.54, 1.807) is 78.2 Å². The predicted octanol–water partition coefficient (Wildman–Crippen LogP) is 2.68. The average Bonchev–Trinajstić information content (AvgIpc) is 4.18. The first-order valence-electron chi connectivity index (χ1n) is 21.8. The van der Waals surface area contributed by atoms with Gasteiger partial charge >= 0.3 is 12.1 Å². The number of anilines is 2. The Morgan fingerprint density at radius 2 is 1.06 bits per heavy atom. The van der Waals surface area contributed by atoms with Gasteiger partial charge < -0.3 is 21.3 Å². The number of nitrogens with one attached hydrogen (secondary N) is 8. The SMILES string of the molecule is CC(C)(C)NS(=O)(=O)c1cncc(-c2ccc3nc(NC(=O)NC(C(=O)NC4CC4)C(C)(NC(=O)Nc4nc5ccc(-c6cncc(S(=O)(=O)NC(C)(C)C)c6)cn5n4)C(=O)NC4CC4)nn3c2)c1. The summed E-state index contributed by atoms with van der Waals surface area (Å²) in [4.78, 5) is 72.6. The third kappa shape index (κ3) is 11.8. The van der Waals surface area contributed by atoms with Gasteiger partial charge in [-0.05, 0) is 111 Å². The summed E-state index contributed by atoms with van der Waals surface area (Å²) in [5.74, 6) is -1.87. The van der Waals surface area contributed by atoms with Gasteiger partial charge in [0.05, 0.1) is 0 Å². The normalized spacial score (nSPS) is 15.8. The highest BCUT2D eigenvalue weighted by Gasteiger charge is 2.50. The van der Waals surface area contributed by atoms with Gasteiger partial charge in [0.1, 0.15) is 21.4 Å². The molecular formula is C43H52N16O8S2. The number of hydrogen-bond donors (Lipinski definition) is 8. The van der Waals surface area contributed by atoms with Crippen LogP contribution in [-0.4, -0.2) is 115 Å². The lowest BCUT2D eigenvalue weighted by Gasteiger charge is -2.36. The quantitative estimate of drug-likeness (QED) is 0.0734. The van der Waals surface area contributed by atoms with Crippen LogP contribution in [0.5, 0.6) is 0 Å². The molecule has 69 heavy (non-hydrogen) atoms. The Morgan fingerprint density at radius 1 is 0.609 bits per heavy atom. The molecule has 0 radical (unpaired) electrons. The maximum Gasteiger partial charge on any atom is 0.322 e. The van der Waals surface area contributed by atoms with Crippen LogP contribution in [0.1, 0.15) is 74.1 Å². The topological polar surface area (TPSA) is 319 Å². The number of fused-ring (bicyclic) bond motifs is 2. The molecule has 6 aromatic heterocycles. The Hall–Kier alpha value is -7.16. The number of carbonyl (C=O) groups is 4. The van der Waals surface area contributed by atoms with Gasteiger partial charge in [0, 0.05) is 82.6 Å². The van der Waals surface area contributed by atoms with Crippen molar-refractivity contribution in [1.82, 2.24) is 69.9 Å². The minimum atomic E-state index is -3.89. The van der Waals surface area contributed by atoms with Crippen molar-refractivity contribution in [2.24, 2.45) is 0 Å². The summed E-state index contributed by atoms with van der Waals surface area (Å²) in [5, 5.41) is 24.5. The maximum absolute atomic E-state index is 14.1. The second kappa shape index (κ2) is 18.1. The van der Waals surface area contributed by atoms with E-state index < -0.39 is 66.6 Å². The Bertz CT molecular complexity index is 3230. The fourth-order valence-electron chi connectivity index (χ4n) is 7.03. The van der Waals surface area contributed by atoms with E-state index in [1.165, 1.54) is 52.9 Å². The van der Waals surface area contributed by atoms with Crippen LogP contribution >= 0.6 is 0 Å². The summed E-state index contributed by atoms with van der Waals surface area (Å²) >= 11 is 0. The number of amides is 6. The van der Waals surface area contributed by atoms with E-state index in [2.05, 4.69) is 71.5 Å². The first-order chi connectivity index (χ1) is 32.3. The molecule has 6 heterocycles. The highest BCUT2D eigenvalue weighted by molar-refractivity contribution is 7.89. The first-order valence-corrected chi connectivity index (χ1v) is 24.8. The van der Waals surface area contributed by atoms with Gasteiger partial charge in [-0.25, -0.2) is 44.9 Å². The van der Waals surface area contributed by atoms with Gasteiger partial charge in [-0.1, -0.05) is 0 Å². The molecule has 0 aliphatic heterocycles. The van der Waals surface area contributed by atoms with Crippen LogP contribution in [0, 0.1) is 0 Å². The lowest BCUT2D eigenvalue weighted by Crippen LogP contribution is -2.72. The van der Waals surface area contributed by atoms with Crippen molar-refractivity contribution in [2.75, 3.05) is 10.6 Å². The fourth-order valence-corrected chi connectivity index (χ4v) is 9.84. The highest BCUT2D eigenvalue weighted by atomic mass is 32.2. The predicted molar refractivity (Wildman–Crippen MR) is 251 cm³/mol. The van der Waals surface area contributed by atoms with E-state index in [9.17, 15) is 36.0 Å². The van der Waals surface area contributed by atoms with E-state index in [0.29, 0.717) is 59.2 Å². The number of rotatable bonds is 15. The molecule has 2 aliphatic carbocycles. The molecule has 8 rings (SSSR count). The number of urea groups is 2. The Balaban J connectivity index is 1.00. The monoisotopic (exact) mass is 984 g/mol. The summed E-state index contributed by atoms with van der Waals surface area (Å²) in [6, 6.07) is 5.42. The molecule has 2 fully saturated rings. The summed E-state index contributed by atoms with van der Waals surface area (Å²) in [7, 11) is -7.78. The Labute approximate surface area is 396 Å². The standard InChI is InChI=1S/C43H52N16O8S2/c1-41(2,3)56-68(64,65)30-16-26(18-44-20-30)24-8-14-32-48-37(54-58(32)22-24)51-39(62)50-34(35(60)46-28-10-11-28)43(7,36(61)47-29-12-13-29)53-40(63)52-38-49-33-15-9-25(23-59(33)55-38)27-17-31(21-45-19-27)69(66,67)57-42(4,5)6/h8-9,14-23,28-29,34,56-57H,10-13H2,1-7H3,(H,46,60)(H,47,61)(H2,50,51,54,62)(H2,52,53,55,63). The number of aromatic nitrogens is 8. The molecule has 2 aliphatic rings. The van der Waals surface area contributed by atoms with Gasteiger partial charge in [-0.15, -0.1) is 10.2 Å². The van der Waals surface area contributed by atoms with E-state index in [1.807, 2.05) is 0 Å². The molecule has 0 saturated heterocycles. The average molecular weight is 985 g/mol. The molecule has 6 aromatic rings. The molecule has 364 valence electrons. The molecule has 6 amide bonds. The lowest BCUT2D eigenvalue weighted by atomic mass is 9.89. The van der Waals surface area contributed by atoms with Crippen LogP contribution in [0.2, 0.25) is 0 Å². The number of pyridine rings is 4. The Kier molecular flexibility index (Phi) is 12.6. The van der Waals surface area contributed by atoms with Crippen LogP contribution in [-0.2, 0) is 29.6 Å². The number of nitrogens with zero attached hydrogens (tertiary/aromatic N) is 8. The molecule has 24 nitrogen and oxygen atoms in total. The largest absolute Gasteiger partial charge is 0.351 e. The summed E-state index contributed by atoms with van der Waals surface area (Å²) in [5.41, 5.74) is -0.958. The molecule has 0 bridgehead atoms. The van der Waals surface area contributed by atoms with Crippen molar-refractivity contribution in [3.8, 4) is 22.3 Å². The number of hydrogen-bond acceptors (Lipinski definition) is 14. The summed E-state index contributed by atoms with van der Waals surface area (Å²) < 4.78 is 60.0. The van der Waals surface area contributed by atoms with E-state index in [-0.39, 0.29) is 33.8 Å². The molecule has 2 atom stereocenters. The van der Waals surface area contributed by atoms with Crippen LogP contribution in [0.25, 0.3) is 33.5 Å². The highest BCUT2D eigenvalue weighted by Crippen LogP contribution is 2.27. The minimum Gasteiger partial charge on any atom is -0.351 e. The fraction of sp³-hybridized carbons (Fsp3) is 0.395. The number of sulfonamides is 2. The zero-order chi connectivity index (χ0) is 49.7. The molecule has 0 aromatic carbocycles. The zero-order valence-corrected chi connectivity index (χ0v) is 40.3. The summed E-state index contributed by atoms with van der Waals surface area (Å²) in [6.45, 7) is 11.7. The smallest absolute Gasteiger partial charge is 0.322 e. The third-order valence-electron chi connectivity index (χ3n) is 10.5. The Morgan fingerprint density at radius 3 is 1.51 bits per heavy atom. The molecule has 2 saturated carbocycles. The number of carbonyl (C=O) groups excluding carboxylic acids is 4. The van der Waals surface area contributed by atoms with Gasteiger partial charge in [0.25, 0.3) is 11.9 Å². The van der Waals surface area contributed by atoms with Crippen molar-refractivity contribution < 1.29 is 36.0 Å². The summed E-state index contributed by atoms with van der Waals surface area (Å²) in [6.07, 6.45) is 11.3. The molecule has 26 heteroatoms. The second-order valence-electron chi connectivity index (χ2n) is 19.2. The van der Waals surface area contributed by atoms with E-state index in [0.717, 1.165) is 0 Å². The van der Waals surface area contributed by atoms with E-state index in [4.69, 9.17) is 0 Å². The van der Waals surface area contributed by atoms with E-state index >= 15 is 0 Å². The third-order valence-corrected chi connectivity index (χ3v) is 14.0. The van der Waals surface area contributed by atoms with Gasteiger partial charge in [-0.3, -0.25) is 30.2 Å². The van der Waals surface area contributed by atoms with Crippen molar-refractivity contribution >= 4 is 67.1 Å². The van der Waals surface area contributed by atoms with Crippen molar-refractivity contribution in [3.05, 3.63) is 73.6 Å². The molecule has 2 unspecified atom stereocenters. The van der Waals surface area contributed by atoms with Gasteiger partial charge in [-0.2, -0.15) is 9.97 Å². The molecule has 0 spiro atoms. The van der Waals surface area contributed by atoms with Gasteiger partial charge in [0.15, 0.2) is 11.3 Å². The first kappa shape index (κ1) is 48.3. The molecule has 8 N–H and O–H groups in total. The van der Waals surface area contributed by atoms with Gasteiger partial charge in [0.2, 0.25) is 31.9 Å². The molecular weight excluding hydrogens is 933 g/mol. The lowest BCUT2D eigenvalue weighted by molar-refractivity contribution is -0.134. The van der Waals surface area contributed by atoms with Crippen molar-refractivity contribution in [3.63, 3.8) is 0 Å². The van der Waals surface area contributed by atoms with Crippen LogP contribution in [0.15, 0.2) is 83.4 Å². The minimum absolute atomic E-state index is 0.0388. The maximum atomic E-state index is 14.1. The van der Waals surface area contributed by atoms with Crippen molar-refractivity contribution in [1.29, 1.82) is 0 Å². The second-order valence-corrected chi connectivity index (χ2v) is 22.5.